The molecule has 0 radical (unpaired) electrons. The zero-order valence-corrected chi connectivity index (χ0v) is 18.5. The lowest BCUT2D eigenvalue weighted by Gasteiger charge is -2.39. The summed E-state index contributed by atoms with van der Waals surface area (Å²) >= 11 is 0. The highest BCUT2D eigenvalue weighted by Crippen LogP contribution is 2.47. The molecule has 0 saturated carbocycles. The topological polar surface area (TPSA) is 107 Å². The molecule has 3 aliphatic rings. The number of nitro groups is 1. The van der Waals surface area contributed by atoms with E-state index in [1.165, 1.54) is 11.1 Å². The van der Waals surface area contributed by atoms with Gasteiger partial charge in [-0.25, -0.2) is 4.98 Å². The van der Waals surface area contributed by atoms with Crippen molar-refractivity contribution < 1.29 is 19.2 Å². The van der Waals surface area contributed by atoms with E-state index >= 15 is 0 Å². The average molecular weight is 431 g/mol. The van der Waals surface area contributed by atoms with Crippen LogP contribution in [0.15, 0.2) is 34.6 Å². The molecular weight excluding hydrogens is 404 g/mol. The van der Waals surface area contributed by atoms with Crippen molar-refractivity contribution >= 4 is 26.0 Å². The number of carbonyl (C=O) groups is 1. The lowest BCUT2D eigenvalue weighted by Crippen LogP contribution is -2.56. The molecule has 0 bridgehead atoms. The number of ether oxygens (including phenoxy) is 2. The molecule has 0 aromatic carbocycles. The minimum atomic E-state index is -1.25. The number of aliphatic imine (C=N–C) groups is 1. The quantitative estimate of drug-likeness (QED) is 0.297. The molecule has 0 N–H and O–H groups in total. The summed E-state index contributed by atoms with van der Waals surface area (Å²) in [5.74, 6) is 0.724. The smallest absolute Gasteiger partial charge is 0.275 e. The highest BCUT2D eigenvalue weighted by atomic mass is 28.3. The van der Waals surface area contributed by atoms with Gasteiger partial charge in [-0.2, -0.15) is 0 Å². The van der Waals surface area contributed by atoms with E-state index in [0.29, 0.717) is 36.7 Å². The Bertz CT molecular complexity index is 941. The summed E-state index contributed by atoms with van der Waals surface area (Å²) < 4.78 is 12.0. The molecule has 160 valence electrons. The highest BCUT2D eigenvalue weighted by Gasteiger charge is 2.54. The fraction of sp³-hybridized carbons (Fsp3) is 0.550. The number of aromatic nitrogens is 1. The van der Waals surface area contributed by atoms with Gasteiger partial charge in [0.15, 0.2) is 17.2 Å². The van der Waals surface area contributed by atoms with Gasteiger partial charge in [0.2, 0.25) is 0 Å². The Morgan fingerprint density at radius 1 is 1.40 bits per heavy atom. The third-order valence-electron chi connectivity index (χ3n) is 5.65. The number of amides is 1. The maximum Gasteiger partial charge on any atom is 0.275 e. The zero-order valence-electron chi connectivity index (χ0n) is 17.5. The molecule has 0 saturated heterocycles. The molecule has 9 nitrogen and oxygen atoms in total. The van der Waals surface area contributed by atoms with Crippen molar-refractivity contribution in [1.29, 1.82) is 0 Å². The highest BCUT2D eigenvalue weighted by molar-refractivity contribution is 6.76. The molecule has 1 aromatic heterocycles. The van der Waals surface area contributed by atoms with Crippen LogP contribution in [0.5, 0.6) is 5.75 Å². The summed E-state index contributed by atoms with van der Waals surface area (Å²) in [4.78, 5) is 34.5. The molecule has 1 aliphatic carbocycles. The Morgan fingerprint density at radius 2 is 2.20 bits per heavy atom. The van der Waals surface area contributed by atoms with E-state index in [0.717, 1.165) is 11.6 Å². The van der Waals surface area contributed by atoms with Crippen molar-refractivity contribution in [3.63, 3.8) is 0 Å². The number of nitrogens with zero attached hydrogens (tertiary/aromatic N) is 4. The lowest BCUT2D eigenvalue weighted by molar-refractivity contribution is -0.501. The predicted molar refractivity (Wildman–Crippen MR) is 114 cm³/mol. The Labute approximate surface area is 175 Å². The molecule has 0 fully saturated rings. The van der Waals surface area contributed by atoms with Crippen molar-refractivity contribution in [2.75, 3.05) is 18.2 Å². The maximum atomic E-state index is 13.5. The largest absolute Gasteiger partial charge is 0.473 e. The Balaban J connectivity index is 1.55. The van der Waals surface area contributed by atoms with Gasteiger partial charge in [-0.1, -0.05) is 19.6 Å². The second-order valence-electron chi connectivity index (χ2n) is 9.24. The van der Waals surface area contributed by atoms with Gasteiger partial charge in [0.25, 0.3) is 11.9 Å². The molecule has 10 heteroatoms. The first-order valence-electron chi connectivity index (χ1n) is 10.1. The zero-order chi connectivity index (χ0) is 21.5. The van der Waals surface area contributed by atoms with Gasteiger partial charge >= 0.3 is 0 Å². The van der Waals surface area contributed by atoms with E-state index in [4.69, 9.17) is 9.47 Å². The van der Waals surface area contributed by atoms with Gasteiger partial charge in [-0.15, -0.1) is 0 Å². The van der Waals surface area contributed by atoms with Crippen LogP contribution >= 0.6 is 0 Å². The fourth-order valence-electron chi connectivity index (χ4n) is 3.98. The standard InChI is InChI=1S/C20H26N4O5Si/c1-30(2,3)8-7-28-13-23-18-17(5-4-6-21-18)29-20(19(23)25)10-14-9-15(24(26)27)12-22-16(14)11-20/h4-6,12,15H,7-11,13H2,1-3H3. The van der Waals surface area contributed by atoms with Crippen molar-refractivity contribution in [3.8, 4) is 5.75 Å². The van der Waals surface area contributed by atoms with E-state index in [1.807, 2.05) is 0 Å². The van der Waals surface area contributed by atoms with Crippen LogP contribution in [-0.2, 0) is 9.53 Å². The fourth-order valence-corrected chi connectivity index (χ4v) is 4.74. The van der Waals surface area contributed by atoms with Crippen LogP contribution in [-0.4, -0.2) is 55.1 Å². The van der Waals surface area contributed by atoms with Gasteiger partial charge in [0, 0.05) is 50.8 Å². The second-order valence-corrected chi connectivity index (χ2v) is 14.9. The summed E-state index contributed by atoms with van der Waals surface area (Å²) in [6.07, 6.45) is 3.83. The molecule has 4 rings (SSSR count). The number of hydrogen-bond acceptors (Lipinski definition) is 7. The van der Waals surface area contributed by atoms with Gasteiger partial charge in [-0.05, 0) is 23.7 Å². The Morgan fingerprint density at radius 3 is 2.93 bits per heavy atom. The normalized spacial score (nSPS) is 25.4. The third-order valence-corrected chi connectivity index (χ3v) is 7.36. The van der Waals surface area contributed by atoms with Crippen molar-refractivity contribution in [1.82, 2.24) is 4.98 Å². The third kappa shape index (κ3) is 3.89. The van der Waals surface area contributed by atoms with Gasteiger partial charge in [0.1, 0.15) is 6.73 Å². The van der Waals surface area contributed by atoms with Gasteiger partial charge in [-0.3, -0.25) is 24.8 Å². The maximum absolute atomic E-state index is 13.5. The Kier molecular flexibility index (Phi) is 5.23. The Hall–Kier alpha value is -2.59. The number of carbonyl (C=O) groups excluding carboxylic acids is 1. The number of anilines is 1. The first-order chi connectivity index (χ1) is 14.2. The van der Waals surface area contributed by atoms with Crippen LogP contribution in [0.3, 0.4) is 0 Å². The van der Waals surface area contributed by atoms with Crippen molar-refractivity contribution in [2.24, 2.45) is 4.99 Å². The number of fused-ring (bicyclic) bond motifs is 1. The van der Waals surface area contributed by atoms with Crippen LogP contribution in [0.25, 0.3) is 0 Å². The van der Waals surface area contributed by atoms with E-state index in [9.17, 15) is 14.9 Å². The molecule has 3 heterocycles. The molecule has 1 spiro atoms. The number of rotatable bonds is 6. The van der Waals surface area contributed by atoms with Crippen LogP contribution < -0.4 is 9.64 Å². The SMILES string of the molecule is C[Si](C)(C)CCOCN1C(=O)C2(CC3=C(C2)N=CC([N+](=O)[O-])C3)Oc2cccnc21. The van der Waals surface area contributed by atoms with Crippen LogP contribution in [0.1, 0.15) is 19.3 Å². The summed E-state index contributed by atoms with van der Waals surface area (Å²) in [6.45, 7) is 7.50. The van der Waals surface area contributed by atoms with E-state index in [1.54, 1.807) is 18.3 Å². The molecule has 2 atom stereocenters. The average Bonchev–Trinajstić information content (AvgIpc) is 3.05. The molecule has 1 aromatic rings. The molecular formula is C20H26N4O5Si. The summed E-state index contributed by atoms with van der Waals surface area (Å²) in [6, 6.07) is 3.69. The monoisotopic (exact) mass is 430 g/mol. The first kappa shape index (κ1) is 20.7. The number of pyridine rings is 1. The first-order valence-corrected chi connectivity index (χ1v) is 13.8. The molecule has 2 aliphatic heterocycles. The minimum absolute atomic E-state index is 0.101. The van der Waals surface area contributed by atoms with E-state index < -0.39 is 19.7 Å². The lowest BCUT2D eigenvalue weighted by atomic mass is 9.94. The van der Waals surface area contributed by atoms with Gasteiger partial charge in [0.05, 0.1) is 6.21 Å². The number of hydrogen-bond donors (Lipinski definition) is 0. The van der Waals surface area contributed by atoms with E-state index in [-0.39, 0.29) is 24.0 Å². The second kappa shape index (κ2) is 7.58. The summed E-state index contributed by atoms with van der Waals surface area (Å²) in [5, 5.41) is 11.2. The van der Waals surface area contributed by atoms with Crippen LogP contribution in [0.4, 0.5) is 5.82 Å². The van der Waals surface area contributed by atoms with E-state index in [2.05, 4.69) is 29.6 Å². The molecule has 2 unspecified atom stereocenters. The van der Waals surface area contributed by atoms with Crippen molar-refractivity contribution in [3.05, 3.63) is 39.7 Å². The minimum Gasteiger partial charge on any atom is -0.473 e. The van der Waals surface area contributed by atoms with Gasteiger partial charge < -0.3 is 9.47 Å². The van der Waals surface area contributed by atoms with Crippen LogP contribution in [0, 0.1) is 10.1 Å². The molecule has 1 amide bonds. The van der Waals surface area contributed by atoms with Crippen molar-refractivity contribution in [2.45, 2.75) is 56.6 Å². The summed E-state index contributed by atoms with van der Waals surface area (Å²) in [7, 11) is -1.25. The summed E-state index contributed by atoms with van der Waals surface area (Å²) in [5.41, 5.74) is 0.388. The van der Waals surface area contributed by atoms with Crippen LogP contribution in [0.2, 0.25) is 25.7 Å². The molecule has 30 heavy (non-hydrogen) atoms. The predicted octanol–water partition coefficient (Wildman–Crippen LogP) is 3.03.